The third kappa shape index (κ3) is 4.53. The number of amides is 2. The first-order valence-corrected chi connectivity index (χ1v) is 8.37. The normalized spacial score (nSPS) is 18.5. The molecule has 2 heterocycles. The molecule has 7 nitrogen and oxygen atoms in total. The number of nitrogens with zero attached hydrogens (tertiary/aromatic N) is 4. The SMILES string of the molecule is CC(C)CNC(=O)c1cn(C2CCCN(C(=O)C(C)C)C2)nn1. The molecule has 23 heavy (non-hydrogen) atoms. The molecule has 1 aliphatic heterocycles. The van der Waals surface area contributed by atoms with Gasteiger partial charge in [0.2, 0.25) is 5.91 Å². The number of likely N-dealkylation sites (tertiary alicyclic amines) is 1. The molecule has 7 heteroatoms. The van der Waals surface area contributed by atoms with Gasteiger partial charge in [0, 0.05) is 25.6 Å². The summed E-state index contributed by atoms with van der Waals surface area (Å²) in [7, 11) is 0. The predicted molar refractivity (Wildman–Crippen MR) is 86.9 cm³/mol. The molecule has 2 rings (SSSR count). The summed E-state index contributed by atoms with van der Waals surface area (Å²) < 4.78 is 1.73. The van der Waals surface area contributed by atoms with E-state index in [1.54, 1.807) is 10.9 Å². The van der Waals surface area contributed by atoms with Crippen molar-refractivity contribution >= 4 is 11.8 Å². The highest BCUT2D eigenvalue weighted by Gasteiger charge is 2.27. The topological polar surface area (TPSA) is 80.1 Å². The van der Waals surface area contributed by atoms with Crippen LogP contribution in [0.3, 0.4) is 0 Å². The fraction of sp³-hybridized carbons (Fsp3) is 0.750. The molecule has 0 aromatic carbocycles. The summed E-state index contributed by atoms with van der Waals surface area (Å²) in [6, 6.07) is 0.0885. The van der Waals surface area contributed by atoms with Crippen LogP contribution in [0.15, 0.2) is 6.20 Å². The lowest BCUT2D eigenvalue weighted by Gasteiger charge is -2.33. The van der Waals surface area contributed by atoms with E-state index < -0.39 is 0 Å². The molecule has 1 aromatic rings. The van der Waals surface area contributed by atoms with Crippen molar-refractivity contribution in [3.8, 4) is 0 Å². The Balaban J connectivity index is 1.99. The molecule has 0 bridgehead atoms. The van der Waals surface area contributed by atoms with E-state index in [1.165, 1.54) is 0 Å². The first kappa shape index (κ1) is 17.4. The van der Waals surface area contributed by atoms with Gasteiger partial charge in [-0.15, -0.1) is 5.10 Å². The summed E-state index contributed by atoms with van der Waals surface area (Å²) >= 11 is 0. The summed E-state index contributed by atoms with van der Waals surface area (Å²) in [5.41, 5.74) is 0.331. The van der Waals surface area contributed by atoms with Gasteiger partial charge in [-0.3, -0.25) is 9.59 Å². The average Bonchev–Trinajstić information content (AvgIpc) is 3.02. The Hall–Kier alpha value is -1.92. The van der Waals surface area contributed by atoms with Gasteiger partial charge in [-0.1, -0.05) is 32.9 Å². The first-order valence-electron chi connectivity index (χ1n) is 8.37. The van der Waals surface area contributed by atoms with Crippen LogP contribution in [-0.2, 0) is 4.79 Å². The Bertz CT molecular complexity index is 552. The van der Waals surface area contributed by atoms with E-state index in [4.69, 9.17) is 0 Å². The van der Waals surface area contributed by atoms with Crippen molar-refractivity contribution in [1.29, 1.82) is 0 Å². The summed E-state index contributed by atoms with van der Waals surface area (Å²) in [6.45, 7) is 9.96. The average molecular weight is 321 g/mol. The highest BCUT2D eigenvalue weighted by atomic mass is 16.2. The Morgan fingerprint density at radius 2 is 2.09 bits per heavy atom. The van der Waals surface area contributed by atoms with Crippen molar-refractivity contribution in [3.05, 3.63) is 11.9 Å². The molecular formula is C16H27N5O2. The number of hydrogen-bond donors (Lipinski definition) is 1. The smallest absolute Gasteiger partial charge is 0.273 e. The van der Waals surface area contributed by atoms with Crippen LogP contribution in [0.5, 0.6) is 0 Å². The van der Waals surface area contributed by atoms with Gasteiger partial charge in [-0.2, -0.15) is 0 Å². The van der Waals surface area contributed by atoms with E-state index in [2.05, 4.69) is 15.6 Å². The maximum atomic E-state index is 12.2. The molecule has 1 saturated heterocycles. The summed E-state index contributed by atoms with van der Waals surface area (Å²) in [4.78, 5) is 26.1. The molecule has 1 N–H and O–H groups in total. The van der Waals surface area contributed by atoms with Crippen LogP contribution in [0.25, 0.3) is 0 Å². The molecule has 0 radical (unpaired) electrons. The van der Waals surface area contributed by atoms with Crippen molar-refractivity contribution < 1.29 is 9.59 Å². The Morgan fingerprint density at radius 1 is 1.35 bits per heavy atom. The fourth-order valence-corrected chi connectivity index (χ4v) is 2.68. The van der Waals surface area contributed by atoms with Crippen molar-refractivity contribution in [1.82, 2.24) is 25.2 Å². The highest BCUT2D eigenvalue weighted by Crippen LogP contribution is 2.22. The number of hydrogen-bond acceptors (Lipinski definition) is 4. The van der Waals surface area contributed by atoms with Crippen LogP contribution in [0.4, 0.5) is 0 Å². The van der Waals surface area contributed by atoms with Crippen LogP contribution >= 0.6 is 0 Å². The quantitative estimate of drug-likeness (QED) is 0.891. The van der Waals surface area contributed by atoms with Gasteiger partial charge in [0.1, 0.15) is 0 Å². The predicted octanol–water partition coefficient (Wildman–Crippen LogP) is 1.48. The fourth-order valence-electron chi connectivity index (χ4n) is 2.68. The van der Waals surface area contributed by atoms with E-state index in [1.807, 2.05) is 32.6 Å². The molecule has 1 fully saturated rings. The minimum absolute atomic E-state index is 0.00173. The maximum absolute atomic E-state index is 12.2. The van der Waals surface area contributed by atoms with Gasteiger partial charge >= 0.3 is 0 Å². The molecule has 1 unspecified atom stereocenters. The zero-order valence-corrected chi connectivity index (χ0v) is 14.5. The van der Waals surface area contributed by atoms with Crippen LogP contribution in [0.2, 0.25) is 0 Å². The van der Waals surface area contributed by atoms with E-state index >= 15 is 0 Å². The number of carbonyl (C=O) groups excluding carboxylic acids is 2. The lowest BCUT2D eigenvalue weighted by atomic mass is 10.0. The third-order valence-electron chi connectivity index (χ3n) is 3.99. The molecule has 0 aliphatic carbocycles. The largest absolute Gasteiger partial charge is 0.350 e. The van der Waals surface area contributed by atoms with Gasteiger partial charge in [0.15, 0.2) is 5.69 Å². The van der Waals surface area contributed by atoms with Crippen LogP contribution in [-0.4, -0.2) is 51.3 Å². The molecule has 0 spiro atoms. The van der Waals surface area contributed by atoms with Crippen LogP contribution in [0.1, 0.15) is 57.1 Å². The van der Waals surface area contributed by atoms with E-state index in [9.17, 15) is 9.59 Å². The molecule has 0 saturated carbocycles. The van der Waals surface area contributed by atoms with Crippen LogP contribution < -0.4 is 5.32 Å². The second-order valence-electron chi connectivity index (χ2n) is 6.92. The van der Waals surface area contributed by atoms with Crippen molar-refractivity contribution in [2.75, 3.05) is 19.6 Å². The number of carbonyl (C=O) groups is 2. The highest BCUT2D eigenvalue weighted by molar-refractivity contribution is 5.91. The molecule has 1 atom stereocenters. The number of piperidine rings is 1. The second-order valence-corrected chi connectivity index (χ2v) is 6.92. The molecule has 2 amide bonds. The summed E-state index contributed by atoms with van der Waals surface area (Å²) in [5.74, 6) is 0.366. The monoisotopic (exact) mass is 321 g/mol. The van der Waals surface area contributed by atoms with Gasteiger partial charge in [0.25, 0.3) is 5.91 Å². The standard InChI is InChI=1S/C16H27N5O2/c1-11(2)8-17-15(22)14-10-21(19-18-14)13-6-5-7-20(9-13)16(23)12(3)4/h10-13H,5-9H2,1-4H3,(H,17,22). The molecular weight excluding hydrogens is 294 g/mol. The van der Waals surface area contributed by atoms with E-state index in [-0.39, 0.29) is 23.8 Å². The zero-order valence-electron chi connectivity index (χ0n) is 14.5. The van der Waals surface area contributed by atoms with E-state index in [0.717, 1.165) is 19.4 Å². The first-order chi connectivity index (χ1) is 10.9. The van der Waals surface area contributed by atoms with E-state index in [0.29, 0.717) is 24.7 Å². The van der Waals surface area contributed by atoms with Gasteiger partial charge in [-0.05, 0) is 18.8 Å². The van der Waals surface area contributed by atoms with Gasteiger partial charge in [-0.25, -0.2) is 4.68 Å². The summed E-state index contributed by atoms with van der Waals surface area (Å²) in [5, 5.41) is 10.9. The number of rotatable bonds is 5. The van der Waals surface area contributed by atoms with Crippen LogP contribution in [0, 0.1) is 11.8 Å². The number of aromatic nitrogens is 3. The summed E-state index contributed by atoms with van der Waals surface area (Å²) in [6.07, 6.45) is 3.57. The van der Waals surface area contributed by atoms with Gasteiger partial charge < -0.3 is 10.2 Å². The lowest BCUT2D eigenvalue weighted by molar-refractivity contribution is -0.136. The Kier molecular flexibility index (Phi) is 5.74. The Labute approximate surface area is 137 Å². The van der Waals surface area contributed by atoms with Crippen molar-refractivity contribution in [2.24, 2.45) is 11.8 Å². The minimum Gasteiger partial charge on any atom is -0.350 e. The second kappa shape index (κ2) is 7.57. The molecule has 128 valence electrons. The minimum atomic E-state index is -0.198. The maximum Gasteiger partial charge on any atom is 0.273 e. The molecule has 1 aromatic heterocycles. The third-order valence-corrected chi connectivity index (χ3v) is 3.99. The molecule has 1 aliphatic rings. The van der Waals surface area contributed by atoms with Gasteiger partial charge in [0.05, 0.1) is 12.2 Å². The van der Waals surface area contributed by atoms with Crippen molar-refractivity contribution in [3.63, 3.8) is 0 Å². The number of nitrogens with one attached hydrogen (secondary N) is 1. The Morgan fingerprint density at radius 3 is 2.74 bits per heavy atom. The van der Waals surface area contributed by atoms with Crippen molar-refractivity contribution in [2.45, 2.75) is 46.6 Å². The zero-order chi connectivity index (χ0) is 17.0. The lowest BCUT2D eigenvalue weighted by Crippen LogP contribution is -2.42.